The molecule has 154 valence electrons. The summed E-state index contributed by atoms with van der Waals surface area (Å²) in [6.07, 6.45) is 6.12. The zero-order valence-corrected chi connectivity index (χ0v) is 16.9. The van der Waals surface area contributed by atoms with Gasteiger partial charge in [-0.25, -0.2) is 4.79 Å². The van der Waals surface area contributed by atoms with Gasteiger partial charge in [-0.2, -0.15) is 0 Å². The Balaban J connectivity index is 1.39. The fourth-order valence-electron chi connectivity index (χ4n) is 6.43. The molecular formula is C23H27NO5. The highest BCUT2D eigenvalue weighted by Gasteiger charge is 2.57. The Bertz CT molecular complexity index is 982. The monoisotopic (exact) mass is 397 g/mol. The van der Waals surface area contributed by atoms with E-state index in [1.807, 2.05) is 0 Å². The predicted molar refractivity (Wildman–Crippen MR) is 108 cm³/mol. The second-order valence-corrected chi connectivity index (χ2v) is 8.97. The second-order valence-electron chi connectivity index (χ2n) is 8.97. The SMILES string of the molecule is COc1cccc2cc(C(=O)NCC3(OC)C4CC5CC(C4)CC3C5)c(=O)oc12. The van der Waals surface area contributed by atoms with Gasteiger partial charge < -0.3 is 19.2 Å². The normalized spacial score (nSPS) is 32.5. The minimum absolute atomic E-state index is 0.0147. The number of fused-ring (bicyclic) bond motifs is 1. The summed E-state index contributed by atoms with van der Waals surface area (Å²) in [6, 6.07) is 6.90. The van der Waals surface area contributed by atoms with Crippen molar-refractivity contribution in [3.63, 3.8) is 0 Å². The number of nitrogens with one attached hydrogen (secondary N) is 1. The van der Waals surface area contributed by atoms with Crippen LogP contribution in [0.4, 0.5) is 0 Å². The number of methoxy groups -OCH3 is 2. The Labute approximate surface area is 169 Å². The van der Waals surface area contributed by atoms with Crippen molar-refractivity contribution in [1.29, 1.82) is 0 Å². The molecular weight excluding hydrogens is 370 g/mol. The average molecular weight is 397 g/mol. The highest BCUT2D eigenvalue weighted by Crippen LogP contribution is 2.59. The number of amides is 1. The van der Waals surface area contributed by atoms with E-state index in [0.29, 0.717) is 35.1 Å². The van der Waals surface area contributed by atoms with Crippen LogP contribution in [0.2, 0.25) is 0 Å². The standard InChI is InChI=1S/C23H27NO5/c1-27-19-5-3-4-15-11-18(22(26)29-20(15)19)21(25)24-12-23(28-2)16-7-13-6-14(9-16)10-17(23)8-13/h3-5,11,13-14,16-17H,6-10,12H2,1-2H3,(H,24,25). The van der Waals surface area contributed by atoms with Gasteiger partial charge in [0, 0.05) is 19.0 Å². The summed E-state index contributed by atoms with van der Waals surface area (Å²) >= 11 is 0. The molecule has 4 saturated carbocycles. The molecule has 0 radical (unpaired) electrons. The molecule has 1 amide bonds. The lowest BCUT2D eigenvalue weighted by Crippen LogP contribution is -2.63. The summed E-state index contributed by atoms with van der Waals surface area (Å²) < 4.78 is 16.7. The van der Waals surface area contributed by atoms with E-state index in [9.17, 15) is 9.59 Å². The lowest BCUT2D eigenvalue weighted by Gasteiger charge is -2.60. The molecule has 0 spiro atoms. The third-order valence-corrected chi connectivity index (χ3v) is 7.61. The maximum Gasteiger partial charge on any atom is 0.349 e. The molecule has 1 aromatic heterocycles. The summed E-state index contributed by atoms with van der Waals surface area (Å²) in [5.41, 5.74) is -0.605. The third kappa shape index (κ3) is 2.88. The lowest BCUT2D eigenvalue weighted by atomic mass is 9.49. The summed E-state index contributed by atoms with van der Waals surface area (Å²) in [6.45, 7) is 0.437. The Hall–Kier alpha value is -2.34. The van der Waals surface area contributed by atoms with Crippen molar-refractivity contribution in [3.05, 3.63) is 40.2 Å². The molecule has 6 rings (SSSR count). The van der Waals surface area contributed by atoms with Crippen LogP contribution in [0, 0.1) is 23.7 Å². The molecule has 6 heteroatoms. The zero-order chi connectivity index (χ0) is 20.2. The van der Waals surface area contributed by atoms with Gasteiger partial charge in [0.05, 0.1) is 12.7 Å². The van der Waals surface area contributed by atoms with Gasteiger partial charge in [0.2, 0.25) is 0 Å². The van der Waals surface area contributed by atoms with Gasteiger partial charge >= 0.3 is 5.63 Å². The third-order valence-electron chi connectivity index (χ3n) is 7.61. The van der Waals surface area contributed by atoms with Crippen LogP contribution < -0.4 is 15.7 Å². The molecule has 0 saturated heterocycles. The number of carbonyl (C=O) groups is 1. The van der Waals surface area contributed by atoms with E-state index in [1.165, 1.54) is 39.2 Å². The largest absolute Gasteiger partial charge is 0.493 e. The summed E-state index contributed by atoms with van der Waals surface area (Å²) in [4.78, 5) is 25.4. The maximum atomic E-state index is 12.9. The van der Waals surface area contributed by atoms with Crippen molar-refractivity contribution in [1.82, 2.24) is 5.32 Å². The van der Waals surface area contributed by atoms with Gasteiger partial charge in [0.1, 0.15) is 5.56 Å². The smallest absolute Gasteiger partial charge is 0.349 e. The van der Waals surface area contributed by atoms with E-state index in [-0.39, 0.29) is 11.2 Å². The van der Waals surface area contributed by atoms with Crippen LogP contribution >= 0.6 is 0 Å². The first-order valence-electron chi connectivity index (χ1n) is 10.5. The van der Waals surface area contributed by atoms with Crippen molar-refractivity contribution in [2.24, 2.45) is 23.7 Å². The molecule has 2 aromatic rings. The van der Waals surface area contributed by atoms with Crippen LogP contribution in [0.3, 0.4) is 0 Å². The molecule has 29 heavy (non-hydrogen) atoms. The molecule has 0 atom stereocenters. The van der Waals surface area contributed by atoms with Crippen molar-refractivity contribution in [2.75, 3.05) is 20.8 Å². The first kappa shape index (κ1) is 18.7. The van der Waals surface area contributed by atoms with Crippen LogP contribution in [0.1, 0.15) is 42.5 Å². The molecule has 4 fully saturated rings. The van der Waals surface area contributed by atoms with Crippen LogP contribution in [0.25, 0.3) is 11.0 Å². The molecule has 4 bridgehead atoms. The Morgan fingerprint density at radius 2 is 1.83 bits per heavy atom. The van der Waals surface area contributed by atoms with E-state index < -0.39 is 11.5 Å². The molecule has 6 nitrogen and oxygen atoms in total. The minimum Gasteiger partial charge on any atom is -0.493 e. The second kappa shape index (κ2) is 6.87. The summed E-state index contributed by atoms with van der Waals surface area (Å²) in [7, 11) is 3.29. The molecule has 4 aliphatic carbocycles. The number of hydrogen-bond acceptors (Lipinski definition) is 5. The molecule has 4 aliphatic rings. The molecule has 1 heterocycles. The highest BCUT2D eigenvalue weighted by molar-refractivity contribution is 5.97. The number of benzene rings is 1. The van der Waals surface area contributed by atoms with Gasteiger partial charge in [-0.05, 0) is 67.9 Å². The first-order valence-corrected chi connectivity index (χ1v) is 10.5. The minimum atomic E-state index is -0.656. The number of para-hydroxylation sites is 1. The lowest BCUT2D eigenvalue weighted by molar-refractivity contribution is -0.186. The average Bonchev–Trinajstić information content (AvgIpc) is 2.72. The number of ether oxygens (including phenoxy) is 2. The van der Waals surface area contributed by atoms with Crippen LogP contribution in [0.15, 0.2) is 33.5 Å². The van der Waals surface area contributed by atoms with Crippen LogP contribution in [-0.2, 0) is 4.74 Å². The van der Waals surface area contributed by atoms with Crippen molar-refractivity contribution < 1.29 is 18.7 Å². The van der Waals surface area contributed by atoms with E-state index in [0.717, 1.165) is 11.8 Å². The molecule has 0 unspecified atom stereocenters. The van der Waals surface area contributed by atoms with Crippen molar-refractivity contribution >= 4 is 16.9 Å². The van der Waals surface area contributed by atoms with Gasteiger partial charge in [-0.15, -0.1) is 0 Å². The molecule has 1 N–H and O–H groups in total. The van der Waals surface area contributed by atoms with E-state index in [4.69, 9.17) is 13.9 Å². The van der Waals surface area contributed by atoms with Gasteiger partial charge in [-0.3, -0.25) is 4.79 Å². The van der Waals surface area contributed by atoms with Gasteiger partial charge in [-0.1, -0.05) is 12.1 Å². The topological polar surface area (TPSA) is 77.8 Å². The zero-order valence-electron chi connectivity index (χ0n) is 16.9. The van der Waals surface area contributed by atoms with Gasteiger partial charge in [0.15, 0.2) is 11.3 Å². The fourth-order valence-corrected chi connectivity index (χ4v) is 6.43. The number of rotatable bonds is 5. The van der Waals surface area contributed by atoms with Crippen molar-refractivity contribution in [2.45, 2.75) is 37.7 Å². The predicted octanol–water partition coefficient (Wildman–Crippen LogP) is 3.37. The van der Waals surface area contributed by atoms with Gasteiger partial charge in [0.25, 0.3) is 5.91 Å². The maximum absolute atomic E-state index is 12.9. The highest BCUT2D eigenvalue weighted by atomic mass is 16.5. The van der Waals surface area contributed by atoms with E-state index in [2.05, 4.69) is 5.32 Å². The van der Waals surface area contributed by atoms with Crippen molar-refractivity contribution in [3.8, 4) is 5.75 Å². The summed E-state index contributed by atoms with van der Waals surface area (Å²) in [5, 5.41) is 3.66. The van der Waals surface area contributed by atoms with E-state index >= 15 is 0 Å². The Morgan fingerprint density at radius 3 is 2.45 bits per heavy atom. The van der Waals surface area contributed by atoms with E-state index in [1.54, 1.807) is 31.4 Å². The quantitative estimate of drug-likeness (QED) is 0.783. The number of hydrogen-bond donors (Lipinski definition) is 1. The fraction of sp³-hybridized carbons (Fsp3) is 0.565. The molecule has 1 aromatic carbocycles. The first-order chi connectivity index (χ1) is 14.0. The molecule has 0 aliphatic heterocycles. The number of carbonyl (C=O) groups excluding carboxylic acids is 1. The Kier molecular flexibility index (Phi) is 4.42. The van der Waals surface area contributed by atoms with Crippen LogP contribution in [-0.4, -0.2) is 32.3 Å². The summed E-state index contributed by atoms with van der Waals surface area (Å²) in [5.74, 6) is 2.67. The Morgan fingerprint density at radius 1 is 1.14 bits per heavy atom. The van der Waals surface area contributed by atoms with Crippen LogP contribution in [0.5, 0.6) is 5.75 Å².